The summed E-state index contributed by atoms with van der Waals surface area (Å²) in [5.74, 6) is 0. The number of thiazole rings is 1. The molecule has 17 heavy (non-hydrogen) atoms. The number of hydrogen-bond acceptors (Lipinski definition) is 3. The van der Waals surface area contributed by atoms with E-state index in [1.54, 1.807) is 11.3 Å². The Morgan fingerprint density at radius 3 is 2.76 bits per heavy atom. The fraction of sp³-hybridized carbons (Fsp3) is 0.308. The molecule has 0 aliphatic carbocycles. The van der Waals surface area contributed by atoms with E-state index in [0.717, 1.165) is 10.7 Å². The predicted octanol–water partition coefficient (Wildman–Crippen LogP) is 4.21. The van der Waals surface area contributed by atoms with Crippen LogP contribution in [0.4, 0.5) is 0 Å². The lowest BCUT2D eigenvalue weighted by molar-refractivity contribution is 0.488. The minimum absolute atomic E-state index is 0.246. The Morgan fingerprint density at radius 2 is 2.12 bits per heavy atom. The van der Waals surface area contributed by atoms with Crippen LogP contribution < -0.4 is 5.32 Å². The molecule has 0 aliphatic rings. The third kappa shape index (κ3) is 3.28. The molecule has 90 valence electrons. The normalized spacial score (nSPS) is 14.5. The SMILES string of the molecule is CC(N[C@H](C)c1cccc(Cl)c1)c1cscn1. The standard InChI is InChI=1S/C13H15ClN2S/c1-9(11-4-3-5-12(14)6-11)16-10(2)13-7-17-8-15-13/h3-10,16H,1-2H3/t9-,10?/m1/s1. The van der Waals surface area contributed by atoms with Crippen molar-refractivity contribution in [2.45, 2.75) is 25.9 Å². The predicted molar refractivity (Wildman–Crippen MR) is 73.5 cm³/mol. The number of benzene rings is 1. The maximum absolute atomic E-state index is 5.99. The number of nitrogens with zero attached hydrogens (tertiary/aromatic N) is 1. The molecule has 1 aromatic carbocycles. The average Bonchev–Trinajstić information content (AvgIpc) is 2.82. The molecule has 1 aromatic heterocycles. The van der Waals surface area contributed by atoms with Gasteiger partial charge >= 0.3 is 0 Å². The summed E-state index contributed by atoms with van der Waals surface area (Å²) in [6, 6.07) is 8.44. The van der Waals surface area contributed by atoms with E-state index >= 15 is 0 Å². The second kappa shape index (κ2) is 5.63. The highest BCUT2D eigenvalue weighted by Gasteiger charge is 2.12. The molecule has 0 radical (unpaired) electrons. The van der Waals surface area contributed by atoms with E-state index < -0.39 is 0 Å². The van der Waals surface area contributed by atoms with Crippen LogP contribution in [-0.2, 0) is 0 Å². The van der Waals surface area contributed by atoms with Gasteiger partial charge in [0.1, 0.15) is 0 Å². The van der Waals surface area contributed by atoms with E-state index in [4.69, 9.17) is 11.6 Å². The van der Waals surface area contributed by atoms with Crippen LogP contribution in [0, 0.1) is 0 Å². The second-order valence-corrected chi connectivity index (χ2v) is 5.23. The van der Waals surface area contributed by atoms with Crippen LogP contribution in [0.3, 0.4) is 0 Å². The highest BCUT2D eigenvalue weighted by molar-refractivity contribution is 7.07. The van der Waals surface area contributed by atoms with Gasteiger partial charge in [0.05, 0.1) is 11.2 Å². The van der Waals surface area contributed by atoms with Crippen LogP contribution in [0.25, 0.3) is 0 Å². The maximum Gasteiger partial charge on any atom is 0.0795 e. The summed E-state index contributed by atoms with van der Waals surface area (Å²) in [7, 11) is 0. The third-order valence-corrected chi connectivity index (χ3v) is 3.58. The summed E-state index contributed by atoms with van der Waals surface area (Å²) < 4.78 is 0. The highest BCUT2D eigenvalue weighted by atomic mass is 35.5. The van der Waals surface area contributed by atoms with Crippen LogP contribution in [0.1, 0.15) is 37.2 Å². The van der Waals surface area contributed by atoms with Crippen LogP contribution in [-0.4, -0.2) is 4.98 Å². The Morgan fingerprint density at radius 1 is 1.29 bits per heavy atom. The number of aromatic nitrogens is 1. The smallest absolute Gasteiger partial charge is 0.0795 e. The molecule has 0 aliphatic heterocycles. The first-order valence-electron chi connectivity index (χ1n) is 5.56. The van der Waals surface area contributed by atoms with Gasteiger partial charge in [-0.2, -0.15) is 0 Å². The summed E-state index contributed by atoms with van der Waals surface area (Å²) in [6.45, 7) is 4.25. The summed E-state index contributed by atoms with van der Waals surface area (Å²) in [4.78, 5) is 4.31. The van der Waals surface area contributed by atoms with E-state index in [1.165, 1.54) is 5.56 Å². The fourth-order valence-corrected chi connectivity index (χ4v) is 2.61. The molecule has 2 aromatic rings. The molecule has 0 fully saturated rings. The van der Waals surface area contributed by atoms with E-state index in [0.29, 0.717) is 0 Å². The molecule has 4 heteroatoms. The van der Waals surface area contributed by atoms with E-state index in [9.17, 15) is 0 Å². The number of hydrogen-bond donors (Lipinski definition) is 1. The number of nitrogens with one attached hydrogen (secondary N) is 1. The highest BCUT2D eigenvalue weighted by Crippen LogP contribution is 2.21. The van der Waals surface area contributed by atoms with Crippen LogP contribution in [0.2, 0.25) is 5.02 Å². The molecule has 2 nitrogen and oxygen atoms in total. The molecule has 0 spiro atoms. The first kappa shape index (κ1) is 12.6. The summed E-state index contributed by atoms with van der Waals surface area (Å²) in [6.07, 6.45) is 0. The Hall–Kier alpha value is -0.900. The Balaban J connectivity index is 2.04. The molecule has 1 N–H and O–H groups in total. The van der Waals surface area contributed by atoms with Gasteiger partial charge in [-0.05, 0) is 31.5 Å². The number of halogens is 1. The summed E-state index contributed by atoms with van der Waals surface area (Å²) in [5, 5.41) is 6.36. The zero-order chi connectivity index (χ0) is 12.3. The molecule has 1 unspecified atom stereocenters. The van der Waals surface area contributed by atoms with Crippen LogP contribution in [0.5, 0.6) is 0 Å². The molecular weight excluding hydrogens is 252 g/mol. The lowest BCUT2D eigenvalue weighted by atomic mass is 10.1. The van der Waals surface area contributed by atoms with Gasteiger partial charge in [0.2, 0.25) is 0 Å². The minimum atomic E-state index is 0.246. The van der Waals surface area contributed by atoms with Crippen molar-refractivity contribution in [2.24, 2.45) is 0 Å². The van der Waals surface area contributed by atoms with Gasteiger partial charge in [0, 0.05) is 22.5 Å². The van der Waals surface area contributed by atoms with Crippen LogP contribution >= 0.6 is 22.9 Å². The Bertz CT molecular complexity index is 470. The van der Waals surface area contributed by atoms with Crippen molar-refractivity contribution in [3.8, 4) is 0 Å². The lowest BCUT2D eigenvalue weighted by Crippen LogP contribution is -2.22. The second-order valence-electron chi connectivity index (χ2n) is 4.08. The molecule has 0 saturated carbocycles. The van der Waals surface area contributed by atoms with Gasteiger partial charge in [-0.1, -0.05) is 23.7 Å². The molecule has 1 heterocycles. The molecular formula is C13H15ClN2S. The van der Waals surface area contributed by atoms with E-state index in [-0.39, 0.29) is 12.1 Å². The Kier molecular flexibility index (Phi) is 4.15. The van der Waals surface area contributed by atoms with Crippen molar-refractivity contribution in [3.05, 3.63) is 51.4 Å². The molecule has 0 saturated heterocycles. The van der Waals surface area contributed by atoms with Crippen molar-refractivity contribution in [2.75, 3.05) is 0 Å². The van der Waals surface area contributed by atoms with Crippen molar-refractivity contribution in [1.82, 2.24) is 10.3 Å². The fourth-order valence-electron chi connectivity index (χ4n) is 1.77. The molecule has 2 atom stereocenters. The summed E-state index contributed by atoms with van der Waals surface area (Å²) in [5.41, 5.74) is 4.14. The van der Waals surface area contributed by atoms with Crippen molar-refractivity contribution in [3.63, 3.8) is 0 Å². The van der Waals surface area contributed by atoms with Crippen molar-refractivity contribution < 1.29 is 0 Å². The van der Waals surface area contributed by atoms with E-state index in [2.05, 4.69) is 35.6 Å². The largest absolute Gasteiger partial charge is 0.302 e. The first-order chi connectivity index (χ1) is 8.16. The van der Waals surface area contributed by atoms with Gasteiger partial charge < -0.3 is 5.32 Å². The summed E-state index contributed by atoms with van der Waals surface area (Å²) >= 11 is 7.61. The quantitative estimate of drug-likeness (QED) is 0.897. The number of rotatable bonds is 4. The lowest BCUT2D eigenvalue weighted by Gasteiger charge is -2.19. The van der Waals surface area contributed by atoms with Crippen molar-refractivity contribution >= 4 is 22.9 Å². The van der Waals surface area contributed by atoms with Gasteiger partial charge in [-0.15, -0.1) is 11.3 Å². The molecule has 0 amide bonds. The molecule has 0 bridgehead atoms. The molecule has 2 rings (SSSR count). The average molecular weight is 267 g/mol. The van der Waals surface area contributed by atoms with Crippen molar-refractivity contribution in [1.29, 1.82) is 0 Å². The van der Waals surface area contributed by atoms with Gasteiger partial charge in [-0.25, -0.2) is 4.98 Å². The first-order valence-corrected chi connectivity index (χ1v) is 6.88. The van der Waals surface area contributed by atoms with Gasteiger partial charge in [0.25, 0.3) is 0 Å². The monoisotopic (exact) mass is 266 g/mol. The zero-order valence-corrected chi connectivity index (χ0v) is 11.4. The van der Waals surface area contributed by atoms with E-state index in [1.807, 2.05) is 23.7 Å². The Labute approximate surface area is 111 Å². The topological polar surface area (TPSA) is 24.9 Å². The zero-order valence-electron chi connectivity index (χ0n) is 9.85. The van der Waals surface area contributed by atoms with Crippen LogP contribution in [0.15, 0.2) is 35.2 Å². The van der Waals surface area contributed by atoms with Gasteiger partial charge in [0.15, 0.2) is 0 Å². The minimum Gasteiger partial charge on any atom is -0.302 e. The van der Waals surface area contributed by atoms with Gasteiger partial charge in [-0.3, -0.25) is 0 Å². The third-order valence-electron chi connectivity index (χ3n) is 2.74. The maximum atomic E-state index is 5.99.